The summed E-state index contributed by atoms with van der Waals surface area (Å²) in [5.41, 5.74) is -17.5. The van der Waals surface area contributed by atoms with Crippen molar-refractivity contribution in [2.24, 2.45) is 0 Å². The zero-order chi connectivity index (χ0) is 93.3. The summed E-state index contributed by atoms with van der Waals surface area (Å²) in [4.78, 5) is 88.0. The Labute approximate surface area is 784 Å². The number of hydrogen-bond donors (Lipinski definition) is 10. The van der Waals surface area contributed by atoms with Gasteiger partial charge in [-0.3, -0.25) is 22.8 Å². The predicted octanol–water partition coefficient (Wildman–Crippen LogP) is 29.0. The Kier molecular flexibility index (Phi) is 41.9. The highest BCUT2D eigenvalue weighted by Crippen LogP contribution is 2.65. The molecule has 10 rings (SSSR count). The van der Waals surface area contributed by atoms with Gasteiger partial charge in [0, 0.05) is 139 Å². The van der Waals surface area contributed by atoms with Crippen molar-refractivity contribution >= 4 is 223 Å². The van der Waals surface area contributed by atoms with E-state index >= 15 is 0 Å². The maximum Gasteiger partial charge on any atom is 0.399 e. The van der Waals surface area contributed by atoms with E-state index in [0.29, 0.717) is 65.7 Å². The molecule has 48 heteroatoms. The van der Waals surface area contributed by atoms with Crippen molar-refractivity contribution in [1.82, 2.24) is 0 Å². The second kappa shape index (κ2) is 47.3. The molecule has 0 saturated carbocycles. The Morgan fingerprint density at radius 2 is 0.589 bits per heavy atom. The van der Waals surface area contributed by atoms with Crippen LogP contribution in [0.1, 0.15) is 89.0 Å². The van der Waals surface area contributed by atoms with Crippen LogP contribution in [0.3, 0.4) is 0 Å². The molecule has 0 amide bonds. The van der Waals surface area contributed by atoms with Gasteiger partial charge in [-0.15, -0.1) is 0 Å². The van der Waals surface area contributed by atoms with Crippen LogP contribution in [0.15, 0.2) is 210 Å². The van der Waals surface area contributed by atoms with Gasteiger partial charge < -0.3 is 48.9 Å². The fourth-order valence-corrected chi connectivity index (χ4v) is 22.7. The van der Waals surface area contributed by atoms with Crippen LogP contribution >= 0.6 is 223 Å². The molecule has 0 fully saturated rings. The third kappa shape index (κ3) is 31.2. The van der Waals surface area contributed by atoms with Crippen molar-refractivity contribution in [2.45, 2.75) is 92.8 Å². The Morgan fingerprint density at radius 1 is 0.290 bits per heavy atom. The van der Waals surface area contributed by atoms with Gasteiger partial charge in [0.05, 0.1) is 0 Å². The lowest BCUT2D eigenvalue weighted by atomic mass is 10.1. The average Bonchev–Trinajstić information content (AvgIpc) is 0.800. The largest absolute Gasteiger partial charge is 0.399 e. The number of alkyl halides is 10. The zero-order valence-electron chi connectivity index (χ0n) is 62.5. The van der Waals surface area contributed by atoms with E-state index in [1.54, 1.807) is 42.1 Å². The van der Waals surface area contributed by atoms with Gasteiger partial charge in [0.15, 0.2) is 0 Å². The molecule has 0 heterocycles. The fourth-order valence-electron chi connectivity index (χ4n) is 10.0. The van der Waals surface area contributed by atoms with Gasteiger partial charge in [-0.25, -0.2) is 17.6 Å². The highest BCUT2D eigenvalue weighted by Gasteiger charge is 2.55. The van der Waals surface area contributed by atoms with Crippen LogP contribution in [0.25, 0.3) is 0 Å². The quantitative estimate of drug-likeness (QED) is 0.0148. The minimum Gasteiger partial charge on any atom is -0.320 e. The lowest BCUT2D eigenvalue weighted by molar-refractivity contribution is 0.0557. The summed E-state index contributed by atoms with van der Waals surface area (Å²) in [6, 6.07) is 43.8. The molecule has 0 saturated heterocycles. The molecule has 0 bridgehead atoms. The van der Waals surface area contributed by atoms with Crippen molar-refractivity contribution < 1.29 is 133 Å². The molecule has 0 atom stereocenters. The molecule has 15 nitrogen and oxygen atoms in total. The molecule has 674 valence electrons. The fraction of sp³-hybridized carbons (Fsp3) is 0.211. The zero-order valence-corrected chi connectivity index (χ0v) is 82.0. The molecule has 0 aromatic heterocycles. The molecule has 0 unspecified atom stereocenters. The first kappa shape index (κ1) is 110. The van der Waals surface area contributed by atoms with Gasteiger partial charge >= 0.3 is 66.3 Å². The van der Waals surface area contributed by atoms with Crippen LogP contribution < -0.4 is 0 Å². The number of benzene rings is 10. The second-order valence-corrected chi connectivity index (χ2v) is 44.9. The monoisotopic (exact) mass is 2330 g/mol. The van der Waals surface area contributed by atoms with Crippen LogP contribution in [0.4, 0.5) is 61.5 Å². The normalized spacial score (nSPS) is 12.4. The Bertz CT molecular complexity index is 5530. The lowest BCUT2D eigenvalue weighted by Crippen LogP contribution is -2.14. The second-order valence-electron chi connectivity index (χ2n) is 25.8. The van der Waals surface area contributed by atoms with Gasteiger partial charge in [0.1, 0.15) is 23.3 Å². The molecular weight excluding hydrogens is 2280 g/mol. The number of aryl methyl sites for hydroxylation is 1. The van der Waals surface area contributed by atoms with Gasteiger partial charge in [-0.05, 0) is 148 Å². The van der Waals surface area contributed by atoms with Crippen LogP contribution in [-0.2, 0) is 109 Å². The third-order valence-electron chi connectivity index (χ3n) is 16.6. The maximum absolute atomic E-state index is 13.8. The first-order valence-corrected chi connectivity index (χ1v) is 53.3. The van der Waals surface area contributed by atoms with Gasteiger partial charge in [0.25, 0.3) is 0 Å². The number of hydrogen-bond acceptors (Lipinski definition) is 10. The molecule has 0 aliphatic rings. The average molecular weight is 2340 g/mol. The first-order valence-electron chi connectivity index (χ1n) is 34.0. The topological polar surface area (TPSA) is 288 Å². The Balaban J connectivity index is 0.000000240. The summed E-state index contributed by atoms with van der Waals surface area (Å²) in [5, 5.41) is 2.27. The van der Waals surface area contributed by atoms with Gasteiger partial charge in [-0.2, -0.15) is 103 Å². The Hall–Kier alpha value is -2.72. The van der Waals surface area contributed by atoms with Crippen molar-refractivity contribution in [1.29, 1.82) is 0 Å². The van der Waals surface area contributed by atoms with E-state index in [0.717, 1.165) is 94.2 Å². The van der Waals surface area contributed by atoms with E-state index in [2.05, 4.69) is 79.6 Å². The van der Waals surface area contributed by atoms with Crippen LogP contribution in [0.2, 0.25) is 20.1 Å². The molecule has 0 radical (unpaired) electrons. The molecule has 0 aliphatic heterocycles. The highest BCUT2D eigenvalue weighted by atomic mass is 79.9. The first-order chi connectivity index (χ1) is 57.2. The van der Waals surface area contributed by atoms with E-state index in [-0.39, 0.29) is 50.7 Å². The molecule has 10 N–H and O–H groups in total. The summed E-state index contributed by atoms with van der Waals surface area (Å²) in [6.45, 7) is 2.03. The molecule has 0 aliphatic carbocycles. The van der Waals surface area contributed by atoms with E-state index in [1.165, 1.54) is 125 Å². The number of thioether (sulfide) groups is 5. The third-order valence-corrected chi connectivity index (χ3v) is 31.2. The van der Waals surface area contributed by atoms with E-state index in [9.17, 15) is 84.3 Å². The highest BCUT2D eigenvalue weighted by molar-refractivity contribution is 9.11. The molecule has 10 aromatic carbocycles. The molecular formula is C76H64Br5Cl4F14O15P5S5. The summed E-state index contributed by atoms with van der Waals surface area (Å²) >= 11 is 45.7. The van der Waals surface area contributed by atoms with Crippen molar-refractivity contribution in [3.63, 3.8) is 0 Å². The molecule has 124 heavy (non-hydrogen) atoms. The summed E-state index contributed by atoms with van der Waals surface area (Å²) in [5.74, 6) is 2.02. The van der Waals surface area contributed by atoms with Crippen LogP contribution in [0.5, 0.6) is 0 Å². The van der Waals surface area contributed by atoms with Crippen molar-refractivity contribution in [3.05, 3.63) is 343 Å². The van der Waals surface area contributed by atoms with Gasteiger partial charge in [-0.1, -0.05) is 223 Å². The number of halogens is 23. The summed E-state index contributed by atoms with van der Waals surface area (Å²) in [6.07, 6.45) is 0. The minimum atomic E-state index is -5.66. The van der Waals surface area contributed by atoms with Crippen LogP contribution in [0, 0.1) is 30.2 Å². The summed E-state index contributed by atoms with van der Waals surface area (Å²) in [7, 11) is -28.1. The van der Waals surface area contributed by atoms with Crippen LogP contribution in [-0.4, -0.2) is 48.9 Å². The van der Waals surface area contributed by atoms with E-state index < -0.39 is 117 Å². The Morgan fingerprint density at radius 3 is 0.911 bits per heavy atom. The van der Waals surface area contributed by atoms with Crippen molar-refractivity contribution in [3.8, 4) is 0 Å². The predicted molar refractivity (Wildman–Crippen MR) is 482 cm³/mol. The van der Waals surface area contributed by atoms with Crippen molar-refractivity contribution in [2.75, 3.05) is 0 Å². The van der Waals surface area contributed by atoms with E-state index in [1.807, 2.05) is 37.3 Å². The SMILES string of the molecule is Cc1ccccc1CSCc1ccc(C(F)(F)P(=O)(O)O)c(Br)c1.O=P(O)(O)C(F)(F)c1ccc(CSCc2c(F)cccc2F)cc1Br.O=P(O)(O)C(F)(F)c1ccc(CSCc2cc(Cl)ccc2Cl)cc1Br.O=P(O)(O)C(F)(F)c1ccc(CSCc2cc(F)ccc2F)cc1Br.O=P(O)(O)C(F)(F)c1ccc(CSCc2ccc(Cl)cc2Cl)cc1Br. The van der Waals surface area contributed by atoms with Gasteiger partial charge in [0.2, 0.25) is 0 Å². The molecule has 10 aromatic rings. The lowest BCUT2D eigenvalue weighted by Gasteiger charge is -2.19. The standard InChI is InChI=1S/C16H16BrF2O3PS.2C15H12BrCl2F2O3PS.2C15H12BrF4O3PS/c1-11-4-2-3-5-13(11)10-24-9-12-6-7-14(15(17)8-12)16(18,19)23(20,21)22;16-13-5-9(1-4-12(13)15(19,20)24(21,22)23)7-25-8-10-2-3-11(17)6-14(10)18;2*16-13-5-9(1-3-12(13)15(19,20)24(21,22)23)7-25-8-10-6-11(17)2-4-14(10)18;16-12-6-9(4-5-11(12)15(19,20)24(21,22)23)7-25-8-10-13(17)2-1-3-14(10)18/h2-8H,9-10H2,1H3,(H2,20,21,22);4*1-6H,7-8H2,(H2,21,22,23). The maximum atomic E-state index is 13.8. The molecule has 0 spiro atoms. The number of rotatable bonds is 30. The summed E-state index contributed by atoms with van der Waals surface area (Å²) < 4.78 is 246. The minimum absolute atomic E-state index is 0.00943. The van der Waals surface area contributed by atoms with E-state index in [4.69, 9.17) is 95.3 Å². The smallest absolute Gasteiger partial charge is 0.320 e.